The lowest BCUT2D eigenvalue weighted by Gasteiger charge is -2.13. The topological polar surface area (TPSA) is 59.0 Å². The number of carbonyl (C=O) groups excluding carboxylic acids is 1. The summed E-state index contributed by atoms with van der Waals surface area (Å²) in [4.78, 5) is 17.0. The fourth-order valence-corrected chi connectivity index (χ4v) is 2.95. The number of amides is 1. The molecule has 2 N–H and O–H groups in total. The van der Waals surface area contributed by atoms with E-state index in [2.05, 4.69) is 15.6 Å². The van der Waals surface area contributed by atoms with Gasteiger partial charge in [-0.2, -0.15) is 0 Å². The number of carbonyl (C=O) groups is 1. The van der Waals surface area contributed by atoms with Crippen LogP contribution in [0.2, 0.25) is 5.02 Å². The predicted octanol–water partition coefficient (Wildman–Crippen LogP) is 4.58. The van der Waals surface area contributed by atoms with E-state index in [-0.39, 0.29) is 18.3 Å². The molecule has 0 saturated carbocycles. The third-order valence-corrected chi connectivity index (χ3v) is 4.28. The molecule has 3 aromatic rings. The summed E-state index contributed by atoms with van der Waals surface area (Å²) in [6, 6.07) is 9.37. The molecule has 0 bridgehead atoms. The van der Waals surface area contributed by atoms with Gasteiger partial charge in [-0.3, -0.25) is 4.79 Å². The van der Waals surface area contributed by atoms with Crippen molar-refractivity contribution in [2.75, 3.05) is 5.32 Å². The molecule has 132 valence electrons. The number of hydrogen-bond donors (Lipinski definition) is 2. The lowest BCUT2D eigenvalue weighted by molar-refractivity contribution is 0.0968. The van der Waals surface area contributed by atoms with Crippen molar-refractivity contribution in [2.24, 2.45) is 7.05 Å². The Morgan fingerprint density at radius 3 is 2.77 bits per heavy atom. The maximum absolute atomic E-state index is 12.5. The van der Waals surface area contributed by atoms with Crippen LogP contribution in [0.1, 0.15) is 10.4 Å². The normalized spacial score (nSPS) is 12.2. The maximum atomic E-state index is 12.5. The van der Waals surface area contributed by atoms with E-state index < -0.39 is 0 Å². The molecule has 7 heteroatoms. The summed E-state index contributed by atoms with van der Waals surface area (Å²) in [6.45, 7) is 0. The van der Waals surface area contributed by atoms with Gasteiger partial charge in [0.1, 0.15) is 5.82 Å². The Labute approximate surface area is 161 Å². The van der Waals surface area contributed by atoms with Gasteiger partial charge < -0.3 is 15.2 Å². The van der Waals surface area contributed by atoms with Crippen molar-refractivity contribution in [1.82, 2.24) is 14.9 Å². The Kier molecular flexibility index (Phi) is 5.02. The van der Waals surface area contributed by atoms with Crippen LogP contribution >= 0.6 is 24.0 Å². The number of nitrogens with zero attached hydrogens (tertiary/aromatic N) is 2. The highest BCUT2D eigenvalue weighted by atomic mass is 35.5. The lowest BCUT2D eigenvalue weighted by atomic mass is 10.1. The molecule has 0 unspecified atom stereocenters. The van der Waals surface area contributed by atoms with Gasteiger partial charge in [-0.25, -0.2) is 4.98 Å². The Balaban J connectivity index is 0.00000196. The van der Waals surface area contributed by atoms with Crippen molar-refractivity contribution in [3.8, 4) is 0 Å². The van der Waals surface area contributed by atoms with Crippen LogP contribution in [0.4, 0.5) is 11.5 Å². The van der Waals surface area contributed by atoms with Crippen molar-refractivity contribution in [3.05, 3.63) is 77.2 Å². The highest BCUT2D eigenvalue weighted by molar-refractivity contribution is 6.30. The minimum Gasteiger partial charge on any atom is -0.350 e. The molecule has 0 fully saturated rings. The van der Waals surface area contributed by atoms with Gasteiger partial charge in [0.2, 0.25) is 0 Å². The van der Waals surface area contributed by atoms with Gasteiger partial charge in [0.25, 0.3) is 5.91 Å². The van der Waals surface area contributed by atoms with Crippen LogP contribution < -0.4 is 10.6 Å². The summed E-state index contributed by atoms with van der Waals surface area (Å²) in [7, 11) is 1.91. The first-order chi connectivity index (χ1) is 12.1. The molecule has 0 radical (unpaired) electrons. The zero-order valence-corrected chi connectivity index (χ0v) is 15.4. The van der Waals surface area contributed by atoms with E-state index in [1.165, 1.54) is 0 Å². The third-order valence-electron chi connectivity index (χ3n) is 4.05. The molecule has 5 nitrogen and oxygen atoms in total. The molecule has 1 aromatic carbocycles. The van der Waals surface area contributed by atoms with Crippen LogP contribution in [-0.2, 0) is 7.05 Å². The molecular weight excluding hydrogens is 371 g/mol. The van der Waals surface area contributed by atoms with Gasteiger partial charge >= 0.3 is 0 Å². The fourth-order valence-electron chi connectivity index (χ4n) is 2.76. The largest absolute Gasteiger partial charge is 0.350 e. The van der Waals surface area contributed by atoms with E-state index in [0.717, 1.165) is 22.3 Å². The summed E-state index contributed by atoms with van der Waals surface area (Å²) in [5.74, 6) is 0.501. The van der Waals surface area contributed by atoms with Crippen molar-refractivity contribution in [1.29, 1.82) is 0 Å². The first-order valence-corrected chi connectivity index (χ1v) is 8.16. The van der Waals surface area contributed by atoms with Crippen LogP contribution in [0.15, 0.2) is 66.7 Å². The summed E-state index contributed by atoms with van der Waals surface area (Å²) >= 11 is 6.04. The van der Waals surface area contributed by atoms with Crippen LogP contribution in [0.25, 0.3) is 10.9 Å². The molecule has 0 saturated heterocycles. The molecule has 0 spiro atoms. The standard InChI is InChI=1S/C19H15ClN4O.ClH/c1-24-9-8-15-17(24)16(19(25)23-13-5-3-6-13)11-21-18(15)22-14-7-2-4-12(20)10-14;/h2-11H,1H3,(H,21,22)(H,23,25);1H. The molecular formula is C19H16Cl2N4O. The molecule has 2 heterocycles. The fraction of sp³-hybridized carbons (Fsp3) is 0.0526. The summed E-state index contributed by atoms with van der Waals surface area (Å²) in [5.41, 5.74) is 2.99. The van der Waals surface area contributed by atoms with Crippen molar-refractivity contribution < 1.29 is 4.79 Å². The second-order valence-corrected chi connectivity index (χ2v) is 6.22. The molecule has 0 aliphatic heterocycles. The average Bonchev–Trinajstić information content (AvgIpc) is 2.94. The number of nitrogens with one attached hydrogen (secondary N) is 2. The second kappa shape index (κ2) is 7.23. The Bertz CT molecular complexity index is 1050. The van der Waals surface area contributed by atoms with Crippen LogP contribution in [-0.4, -0.2) is 15.5 Å². The lowest BCUT2D eigenvalue weighted by Crippen LogP contribution is -2.24. The number of pyridine rings is 1. The van der Waals surface area contributed by atoms with Gasteiger partial charge in [0, 0.05) is 41.2 Å². The Morgan fingerprint density at radius 2 is 2.08 bits per heavy atom. The number of hydrogen-bond acceptors (Lipinski definition) is 3. The Hall–Kier alpha value is -2.76. The van der Waals surface area contributed by atoms with E-state index in [1.54, 1.807) is 6.20 Å². The number of benzene rings is 1. The summed E-state index contributed by atoms with van der Waals surface area (Å²) in [5, 5.41) is 7.64. The third kappa shape index (κ3) is 3.31. The molecule has 2 aromatic heterocycles. The minimum absolute atomic E-state index is 0. The maximum Gasteiger partial charge on any atom is 0.259 e. The molecule has 1 aliphatic rings. The zero-order chi connectivity index (χ0) is 17.4. The van der Waals surface area contributed by atoms with Crippen molar-refractivity contribution in [2.45, 2.75) is 0 Å². The van der Waals surface area contributed by atoms with Gasteiger partial charge in [0.15, 0.2) is 0 Å². The molecule has 26 heavy (non-hydrogen) atoms. The van der Waals surface area contributed by atoms with E-state index in [4.69, 9.17) is 11.6 Å². The molecule has 0 atom stereocenters. The predicted molar refractivity (Wildman–Crippen MR) is 107 cm³/mol. The van der Waals surface area contributed by atoms with Gasteiger partial charge in [0.05, 0.1) is 11.1 Å². The molecule has 4 rings (SSSR count). The average molecular weight is 387 g/mol. The highest BCUT2D eigenvalue weighted by Gasteiger charge is 2.17. The first kappa shape index (κ1) is 18.0. The number of fused-ring (bicyclic) bond motifs is 1. The van der Waals surface area contributed by atoms with Crippen LogP contribution in [0, 0.1) is 0 Å². The zero-order valence-electron chi connectivity index (χ0n) is 13.9. The summed E-state index contributed by atoms with van der Waals surface area (Å²) in [6.07, 6.45) is 9.08. The van der Waals surface area contributed by atoms with Crippen molar-refractivity contribution in [3.63, 3.8) is 0 Å². The second-order valence-electron chi connectivity index (χ2n) is 5.78. The first-order valence-electron chi connectivity index (χ1n) is 7.78. The minimum atomic E-state index is -0.177. The quantitative estimate of drug-likeness (QED) is 0.689. The van der Waals surface area contributed by atoms with Crippen LogP contribution in [0.3, 0.4) is 0 Å². The van der Waals surface area contributed by atoms with E-state index in [9.17, 15) is 4.79 Å². The number of aromatic nitrogens is 2. The van der Waals surface area contributed by atoms with Gasteiger partial charge in [-0.05, 0) is 36.4 Å². The van der Waals surface area contributed by atoms with E-state index in [0.29, 0.717) is 16.4 Å². The summed E-state index contributed by atoms with van der Waals surface area (Å²) < 4.78 is 1.92. The van der Waals surface area contributed by atoms with E-state index in [1.807, 2.05) is 66.4 Å². The smallest absolute Gasteiger partial charge is 0.259 e. The van der Waals surface area contributed by atoms with Gasteiger partial charge in [-0.15, -0.1) is 12.4 Å². The monoisotopic (exact) mass is 386 g/mol. The van der Waals surface area contributed by atoms with E-state index >= 15 is 0 Å². The molecule has 1 aliphatic carbocycles. The number of allylic oxidation sites excluding steroid dienone is 3. The Morgan fingerprint density at radius 1 is 1.27 bits per heavy atom. The van der Waals surface area contributed by atoms with Crippen molar-refractivity contribution >= 4 is 52.3 Å². The SMILES string of the molecule is Cl.Cn1ccc2c(Nc3cccc(Cl)c3)ncc(C(=O)NC3=CC=C3)c21. The van der Waals surface area contributed by atoms with Crippen LogP contribution in [0.5, 0.6) is 0 Å². The van der Waals surface area contributed by atoms with Gasteiger partial charge in [-0.1, -0.05) is 23.7 Å². The highest BCUT2D eigenvalue weighted by Crippen LogP contribution is 2.28. The number of anilines is 2. The number of aryl methyl sites for hydroxylation is 1. The molecule has 1 amide bonds. The number of rotatable bonds is 4. The number of halogens is 2.